The largest absolute Gasteiger partial charge is 0.495 e. The minimum Gasteiger partial charge on any atom is -0.495 e. The second-order valence-corrected chi connectivity index (χ2v) is 11.3. The zero-order valence-corrected chi connectivity index (χ0v) is 24.2. The second kappa shape index (κ2) is 12.5. The summed E-state index contributed by atoms with van der Waals surface area (Å²) in [5.41, 5.74) is 0.442. The third-order valence-corrected chi connectivity index (χ3v) is 7.48. The van der Waals surface area contributed by atoms with Gasteiger partial charge >= 0.3 is 18.0 Å². The maximum Gasteiger partial charge on any atom is 0.328 e. The summed E-state index contributed by atoms with van der Waals surface area (Å²) in [4.78, 5) is 66.6. The van der Waals surface area contributed by atoms with Gasteiger partial charge in [0.2, 0.25) is 5.91 Å². The van der Waals surface area contributed by atoms with E-state index < -0.39 is 47.5 Å². The Hall–Kier alpha value is -4.61. The monoisotopic (exact) mass is 579 g/mol. The number of aliphatic carboxylic acids is 1. The van der Waals surface area contributed by atoms with Crippen LogP contribution >= 0.6 is 0 Å². The molecular formula is C30H37N5O7. The number of rotatable bonds is 12. The average molecular weight is 580 g/mol. The van der Waals surface area contributed by atoms with Gasteiger partial charge in [0.15, 0.2) is 0 Å². The van der Waals surface area contributed by atoms with Crippen LogP contribution in [0.2, 0.25) is 0 Å². The number of urea groups is 2. The summed E-state index contributed by atoms with van der Waals surface area (Å²) in [7, 11) is 1.46. The van der Waals surface area contributed by atoms with Crippen LogP contribution in [0.3, 0.4) is 0 Å². The lowest BCUT2D eigenvalue weighted by molar-refractivity contribution is -0.140. The van der Waals surface area contributed by atoms with Gasteiger partial charge in [0.05, 0.1) is 19.2 Å². The van der Waals surface area contributed by atoms with Crippen molar-refractivity contribution in [3.05, 3.63) is 54.1 Å². The first-order valence-electron chi connectivity index (χ1n) is 13.9. The second-order valence-electron chi connectivity index (χ2n) is 11.3. The highest BCUT2D eigenvalue weighted by Gasteiger charge is 2.55. The molecule has 12 nitrogen and oxygen atoms in total. The number of carboxylic acids is 1. The Bertz CT molecular complexity index is 1360. The Morgan fingerprint density at radius 2 is 1.76 bits per heavy atom. The van der Waals surface area contributed by atoms with Crippen molar-refractivity contribution in [1.82, 2.24) is 15.1 Å². The van der Waals surface area contributed by atoms with Crippen LogP contribution in [-0.2, 0) is 20.9 Å². The van der Waals surface area contributed by atoms with Crippen LogP contribution in [0.15, 0.2) is 48.5 Å². The van der Waals surface area contributed by atoms with Gasteiger partial charge in [0.25, 0.3) is 5.91 Å². The lowest BCUT2D eigenvalue weighted by Crippen LogP contribution is -2.52. The van der Waals surface area contributed by atoms with E-state index in [4.69, 9.17) is 9.84 Å². The number of carbonyl (C=O) groups is 5. The van der Waals surface area contributed by atoms with Crippen LogP contribution in [0.25, 0.3) is 0 Å². The van der Waals surface area contributed by atoms with Gasteiger partial charge in [-0.05, 0) is 62.9 Å². The molecular weight excluding hydrogens is 542 g/mol. The van der Waals surface area contributed by atoms with E-state index in [0.29, 0.717) is 29.1 Å². The first-order chi connectivity index (χ1) is 19.9. The number of carbonyl (C=O) groups excluding carboxylic acids is 4. The van der Waals surface area contributed by atoms with Crippen molar-refractivity contribution in [2.24, 2.45) is 5.92 Å². The first kappa shape index (κ1) is 30.4. The molecule has 2 aromatic rings. The number of carboxylic acid groups (broad SMARTS) is 1. The molecule has 1 heterocycles. The topological polar surface area (TPSA) is 157 Å². The minimum absolute atomic E-state index is 0.0497. The fourth-order valence-corrected chi connectivity index (χ4v) is 4.98. The van der Waals surface area contributed by atoms with Crippen LogP contribution in [0, 0.1) is 5.92 Å². The van der Waals surface area contributed by atoms with Crippen molar-refractivity contribution in [3.8, 4) is 5.75 Å². The van der Waals surface area contributed by atoms with Gasteiger partial charge in [0, 0.05) is 18.3 Å². The van der Waals surface area contributed by atoms with E-state index in [1.165, 1.54) is 12.0 Å². The summed E-state index contributed by atoms with van der Waals surface area (Å²) in [6.45, 7) is 4.89. The van der Waals surface area contributed by atoms with E-state index in [9.17, 15) is 24.0 Å². The number of ether oxygens (including phenoxy) is 1. The molecule has 0 radical (unpaired) electrons. The SMILES string of the molecule is COc1cc(CN2C(=O)N(C(CC3CC3)C(=O)NC(C)CC(=O)O)C(=O)C2(C)C)ccc1NC(=O)Nc1ccccc1. The third-order valence-electron chi connectivity index (χ3n) is 7.48. The molecule has 1 aliphatic heterocycles. The predicted octanol–water partition coefficient (Wildman–Crippen LogP) is 4.03. The van der Waals surface area contributed by atoms with Gasteiger partial charge < -0.3 is 30.7 Å². The highest BCUT2D eigenvalue weighted by Crippen LogP contribution is 2.38. The summed E-state index contributed by atoms with van der Waals surface area (Å²) in [5.74, 6) is -1.52. The lowest BCUT2D eigenvalue weighted by Gasteiger charge is -2.28. The smallest absolute Gasteiger partial charge is 0.328 e. The van der Waals surface area contributed by atoms with Crippen molar-refractivity contribution < 1.29 is 33.8 Å². The maximum atomic E-state index is 13.7. The van der Waals surface area contributed by atoms with Crippen molar-refractivity contribution in [2.75, 3.05) is 17.7 Å². The third kappa shape index (κ3) is 6.99. The van der Waals surface area contributed by atoms with Crippen LogP contribution < -0.4 is 20.7 Å². The van der Waals surface area contributed by atoms with Gasteiger partial charge in [-0.25, -0.2) is 14.5 Å². The first-order valence-corrected chi connectivity index (χ1v) is 13.9. The Morgan fingerprint density at radius 1 is 1.07 bits per heavy atom. The molecule has 224 valence electrons. The van der Waals surface area contributed by atoms with Crippen LogP contribution in [0.1, 0.15) is 52.0 Å². The highest BCUT2D eigenvalue weighted by atomic mass is 16.5. The molecule has 4 rings (SSSR count). The number of imide groups is 1. The molecule has 2 unspecified atom stereocenters. The van der Waals surface area contributed by atoms with Crippen molar-refractivity contribution in [1.29, 1.82) is 0 Å². The number of nitrogens with zero attached hydrogens (tertiary/aromatic N) is 2. The van der Waals surface area contributed by atoms with Crippen LogP contribution in [-0.4, -0.2) is 69.5 Å². The van der Waals surface area contributed by atoms with E-state index in [0.717, 1.165) is 17.7 Å². The molecule has 6 amide bonds. The maximum absolute atomic E-state index is 13.7. The number of hydrogen-bond acceptors (Lipinski definition) is 6. The number of hydrogen-bond donors (Lipinski definition) is 4. The molecule has 2 atom stereocenters. The zero-order chi connectivity index (χ0) is 30.6. The quantitative estimate of drug-likeness (QED) is 0.277. The summed E-state index contributed by atoms with van der Waals surface area (Å²) in [6, 6.07) is 11.3. The summed E-state index contributed by atoms with van der Waals surface area (Å²) in [6.07, 6.45) is 1.86. The molecule has 12 heteroatoms. The Morgan fingerprint density at radius 3 is 2.38 bits per heavy atom. The van der Waals surface area contributed by atoms with Crippen LogP contribution in [0.4, 0.5) is 21.0 Å². The molecule has 2 fully saturated rings. The summed E-state index contributed by atoms with van der Waals surface area (Å²) >= 11 is 0. The standard InChI is InChI=1S/C30H37N5O7/c1-18(14-25(36)37)31-26(38)23(15-19-10-11-19)35-27(39)30(2,3)34(29(35)41)17-20-12-13-22(24(16-20)42-4)33-28(40)32-21-8-6-5-7-9-21/h5-9,12-13,16,18-19,23H,10-11,14-15,17H2,1-4H3,(H,31,38)(H,36,37)(H2,32,33,40). The normalized spacial score (nSPS) is 17.4. The number of methoxy groups -OCH3 is 1. The average Bonchev–Trinajstić information content (AvgIpc) is 3.73. The van der Waals surface area contributed by atoms with E-state index in [2.05, 4.69) is 16.0 Å². The van der Waals surface area contributed by atoms with Crippen LogP contribution in [0.5, 0.6) is 5.75 Å². The number of anilines is 2. The van der Waals surface area contributed by atoms with Crippen molar-refractivity contribution in [2.45, 2.75) is 70.6 Å². The van der Waals surface area contributed by atoms with Crippen molar-refractivity contribution >= 4 is 41.2 Å². The molecule has 4 N–H and O–H groups in total. The van der Waals surface area contributed by atoms with E-state index >= 15 is 0 Å². The fourth-order valence-electron chi connectivity index (χ4n) is 4.98. The summed E-state index contributed by atoms with van der Waals surface area (Å²) in [5, 5.41) is 17.2. The Balaban J connectivity index is 1.51. The zero-order valence-electron chi connectivity index (χ0n) is 24.2. The van der Waals surface area contributed by atoms with Gasteiger partial charge in [-0.15, -0.1) is 0 Å². The van der Waals surface area contributed by atoms with Gasteiger partial charge in [0.1, 0.15) is 17.3 Å². The highest BCUT2D eigenvalue weighted by molar-refractivity contribution is 6.09. The molecule has 42 heavy (non-hydrogen) atoms. The molecule has 0 bridgehead atoms. The number of nitrogens with one attached hydrogen (secondary N) is 3. The predicted molar refractivity (Wildman–Crippen MR) is 155 cm³/mol. The Labute approximate surface area is 244 Å². The number of benzene rings is 2. The van der Waals surface area contributed by atoms with Gasteiger partial charge in [-0.3, -0.25) is 14.4 Å². The van der Waals surface area contributed by atoms with Gasteiger partial charge in [-0.1, -0.05) is 37.1 Å². The van der Waals surface area contributed by atoms with Crippen molar-refractivity contribution in [3.63, 3.8) is 0 Å². The minimum atomic E-state index is -1.24. The number of para-hydroxylation sites is 1. The fraction of sp³-hybridized carbons (Fsp3) is 0.433. The Kier molecular flexibility index (Phi) is 9.03. The number of amides is 6. The molecule has 0 aromatic heterocycles. The molecule has 2 aromatic carbocycles. The molecule has 1 saturated carbocycles. The van der Waals surface area contributed by atoms with E-state index in [1.807, 2.05) is 6.07 Å². The summed E-state index contributed by atoms with van der Waals surface area (Å²) < 4.78 is 5.49. The molecule has 2 aliphatic rings. The lowest BCUT2D eigenvalue weighted by atomic mass is 10.0. The van der Waals surface area contributed by atoms with Gasteiger partial charge in [-0.2, -0.15) is 0 Å². The molecule has 1 aliphatic carbocycles. The van der Waals surface area contributed by atoms with E-state index in [1.54, 1.807) is 63.2 Å². The molecule has 1 saturated heterocycles. The van der Waals surface area contributed by atoms with E-state index in [-0.39, 0.29) is 18.9 Å². The molecule has 0 spiro atoms.